The molecule has 0 aliphatic carbocycles. The first-order chi connectivity index (χ1) is 30.2. The molecule has 10 aromatic carbocycles. The van der Waals surface area contributed by atoms with E-state index in [4.69, 9.17) is 4.74 Å². The fourth-order valence-corrected chi connectivity index (χ4v) is 8.43. The highest BCUT2D eigenvalue weighted by molar-refractivity contribution is 6.21. The average Bonchev–Trinajstić information content (AvgIpc) is 3.33. The summed E-state index contributed by atoms with van der Waals surface area (Å²) in [6.45, 7) is 0. The molecule has 0 N–H and O–H groups in total. The number of ether oxygens (including phenoxy) is 1. The van der Waals surface area contributed by atoms with Gasteiger partial charge in [0.2, 0.25) is 0 Å². The van der Waals surface area contributed by atoms with Crippen molar-refractivity contribution in [2.24, 2.45) is 0 Å². The van der Waals surface area contributed by atoms with Gasteiger partial charge in [-0.1, -0.05) is 218 Å². The van der Waals surface area contributed by atoms with Crippen LogP contribution in [0.15, 0.2) is 243 Å². The monoisotopic (exact) mass is 778 g/mol. The average molecular weight is 779 g/mol. The third-order valence-corrected chi connectivity index (χ3v) is 11.3. The summed E-state index contributed by atoms with van der Waals surface area (Å²) < 4.78 is 6.49. The summed E-state index contributed by atoms with van der Waals surface area (Å²) in [5, 5.41) is 4.71. The zero-order chi connectivity index (χ0) is 40.8. The van der Waals surface area contributed by atoms with E-state index in [0.29, 0.717) is 0 Å². The van der Waals surface area contributed by atoms with Crippen molar-refractivity contribution >= 4 is 44.8 Å². The summed E-state index contributed by atoms with van der Waals surface area (Å²) in [4.78, 5) is 0. The Balaban J connectivity index is 1.11. The fourth-order valence-electron chi connectivity index (χ4n) is 8.43. The molecule has 10 aromatic rings. The molecular weight excluding hydrogens is 737 g/mol. The summed E-state index contributed by atoms with van der Waals surface area (Å²) in [5.41, 5.74) is 14.1. The van der Waals surface area contributed by atoms with E-state index < -0.39 is 0 Å². The minimum atomic E-state index is 0.797. The smallest absolute Gasteiger partial charge is 0.128 e. The lowest BCUT2D eigenvalue weighted by Gasteiger charge is -2.19. The summed E-state index contributed by atoms with van der Waals surface area (Å²) in [6.07, 6.45) is 4.59. The molecule has 288 valence electrons. The van der Waals surface area contributed by atoms with Gasteiger partial charge >= 0.3 is 0 Å². The van der Waals surface area contributed by atoms with Gasteiger partial charge in [-0.3, -0.25) is 0 Å². The number of rotatable bonds is 10. The molecule has 0 saturated heterocycles. The molecule has 0 radical (unpaired) electrons. The maximum absolute atomic E-state index is 6.49. The lowest BCUT2D eigenvalue weighted by Crippen LogP contribution is -1.93. The van der Waals surface area contributed by atoms with Gasteiger partial charge < -0.3 is 4.74 Å². The van der Waals surface area contributed by atoms with E-state index in [0.717, 1.165) is 39.1 Å². The SMILES string of the molecule is C(=C(c1ccccc1)c1ccccc1)c1ccc(-c2c3ccccc3c(-c3ccc(C=C(c4ccccc4)c4ccccc4)cc3)c3cc(Oc4ccccc4)ccc23)cc1. The Bertz CT molecular complexity index is 3050. The van der Waals surface area contributed by atoms with Gasteiger partial charge in [0, 0.05) is 0 Å². The summed E-state index contributed by atoms with van der Waals surface area (Å²) in [5.74, 6) is 1.60. The Hall–Kier alpha value is -8.00. The third kappa shape index (κ3) is 7.93. The van der Waals surface area contributed by atoms with Gasteiger partial charge in [0.05, 0.1) is 0 Å². The van der Waals surface area contributed by atoms with Crippen molar-refractivity contribution in [2.45, 2.75) is 0 Å². The van der Waals surface area contributed by atoms with Crippen LogP contribution in [-0.2, 0) is 0 Å². The molecule has 0 heterocycles. The van der Waals surface area contributed by atoms with Gasteiger partial charge in [0.15, 0.2) is 0 Å². The topological polar surface area (TPSA) is 9.23 Å². The highest BCUT2D eigenvalue weighted by Gasteiger charge is 2.18. The predicted molar refractivity (Wildman–Crippen MR) is 259 cm³/mol. The normalized spacial score (nSPS) is 11.0. The molecule has 1 heteroatoms. The number of benzene rings is 10. The first kappa shape index (κ1) is 37.3. The fraction of sp³-hybridized carbons (Fsp3) is 0. The van der Waals surface area contributed by atoms with E-state index in [1.807, 2.05) is 30.3 Å². The maximum atomic E-state index is 6.49. The van der Waals surface area contributed by atoms with E-state index >= 15 is 0 Å². The molecule has 1 nitrogen and oxygen atoms in total. The van der Waals surface area contributed by atoms with Crippen molar-refractivity contribution in [1.82, 2.24) is 0 Å². The first-order valence-corrected chi connectivity index (χ1v) is 20.8. The van der Waals surface area contributed by atoms with Crippen LogP contribution in [0, 0.1) is 0 Å². The Morgan fingerprint density at radius 2 is 0.623 bits per heavy atom. The standard InChI is InChI=1S/C60H42O/c1-6-18-45(19-7-1)56(46-20-8-2-9-21-46)40-43-30-34-49(35-31-43)59-53-28-16-17-29-54(53)60(58-42-52(38-39-55(58)59)61-51-26-14-5-15-27-51)50-36-32-44(33-37-50)41-57(47-22-10-3-11-23-47)48-24-12-4-13-25-48/h1-42H. The van der Waals surface area contributed by atoms with Crippen molar-refractivity contribution in [3.8, 4) is 33.8 Å². The van der Waals surface area contributed by atoms with E-state index in [-0.39, 0.29) is 0 Å². The molecule has 0 aromatic heterocycles. The van der Waals surface area contributed by atoms with E-state index in [2.05, 4.69) is 224 Å². The quantitative estimate of drug-likeness (QED) is 0.0992. The zero-order valence-electron chi connectivity index (χ0n) is 33.7. The molecule has 0 atom stereocenters. The molecule has 0 bridgehead atoms. The highest BCUT2D eigenvalue weighted by atomic mass is 16.5. The van der Waals surface area contributed by atoms with E-state index in [9.17, 15) is 0 Å². The van der Waals surface area contributed by atoms with Crippen molar-refractivity contribution in [3.05, 3.63) is 276 Å². The van der Waals surface area contributed by atoms with Crippen molar-refractivity contribution in [2.75, 3.05) is 0 Å². The largest absolute Gasteiger partial charge is 0.457 e. The van der Waals surface area contributed by atoms with Crippen LogP contribution in [0.2, 0.25) is 0 Å². The van der Waals surface area contributed by atoms with Crippen LogP contribution in [0.4, 0.5) is 0 Å². The van der Waals surface area contributed by atoms with Gasteiger partial charge in [-0.15, -0.1) is 0 Å². The van der Waals surface area contributed by atoms with Gasteiger partial charge in [-0.25, -0.2) is 0 Å². The summed E-state index contributed by atoms with van der Waals surface area (Å²) in [7, 11) is 0. The number of para-hydroxylation sites is 1. The Kier molecular flexibility index (Phi) is 10.4. The lowest BCUT2D eigenvalue weighted by atomic mass is 9.85. The van der Waals surface area contributed by atoms with Crippen LogP contribution < -0.4 is 4.74 Å². The van der Waals surface area contributed by atoms with Crippen LogP contribution in [0.3, 0.4) is 0 Å². The Morgan fingerprint density at radius 3 is 1.03 bits per heavy atom. The zero-order valence-corrected chi connectivity index (χ0v) is 33.7. The van der Waals surface area contributed by atoms with Gasteiger partial charge in [0.1, 0.15) is 11.5 Å². The second kappa shape index (κ2) is 17.1. The van der Waals surface area contributed by atoms with Crippen LogP contribution in [0.25, 0.3) is 67.1 Å². The molecule has 0 fully saturated rings. The second-order valence-electron chi connectivity index (χ2n) is 15.2. The Labute approximate surface area is 357 Å². The van der Waals surface area contributed by atoms with Gasteiger partial charge in [-0.05, 0) is 125 Å². The molecule has 10 rings (SSSR count). The molecule has 0 aliphatic heterocycles. The summed E-state index contributed by atoms with van der Waals surface area (Å²) >= 11 is 0. The number of fused-ring (bicyclic) bond motifs is 2. The van der Waals surface area contributed by atoms with Crippen LogP contribution in [-0.4, -0.2) is 0 Å². The van der Waals surface area contributed by atoms with E-state index in [1.54, 1.807) is 0 Å². The van der Waals surface area contributed by atoms with Crippen molar-refractivity contribution in [1.29, 1.82) is 0 Å². The highest BCUT2D eigenvalue weighted by Crippen LogP contribution is 2.45. The Morgan fingerprint density at radius 1 is 0.279 bits per heavy atom. The van der Waals surface area contributed by atoms with Crippen LogP contribution in [0.1, 0.15) is 33.4 Å². The molecule has 0 spiro atoms. The van der Waals surface area contributed by atoms with Gasteiger partial charge in [0.25, 0.3) is 0 Å². The number of hydrogen-bond donors (Lipinski definition) is 0. The maximum Gasteiger partial charge on any atom is 0.128 e. The molecule has 0 unspecified atom stereocenters. The minimum Gasteiger partial charge on any atom is -0.457 e. The van der Waals surface area contributed by atoms with Crippen molar-refractivity contribution < 1.29 is 4.74 Å². The summed E-state index contributed by atoms with van der Waals surface area (Å²) in [6, 6.07) is 86.0. The molecule has 61 heavy (non-hydrogen) atoms. The second-order valence-corrected chi connectivity index (χ2v) is 15.2. The lowest BCUT2D eigenvalue weighted by molar-refractivity contribution is 0.483. The number of hydrogen-bond acceptors (Lipinski definition) is 1. The van der Waals surface area contributed by atoms with E-state index in [1.165, 1.54) is 60.7 Å². The van der Waals surface area contributed by atoms with Crippen LogP contribution in [0.5, 0.6) is 11.5 Å². The van der Waals surface area contributed by atoms with Crippen LogP contribution >= 0.6 is 0 Å². The molecule has 0 saturated carbocycles. The predicted octanol–water partition coefficient (Wildman–Crippen LogP) is 16.3. The minimum absolute atomic E-state index is 0.797. The molecule has 0 amide bonds. The van der Waals surface area contributed by atoms with Gasteiger partial charge in [-0.2, -0.15) is 0 Å². The molecular formula is C60H42O. The first-order valence-electron chi connectivity index (χ1n) is 20.8. The molecule has 0 aliphatic rings. The van der Waals surface area contributed by atoms with Crippen molar-refractivity contribution in [3.63, 3.8) is 0 Å². The third-order valence-electron chi connectivity index (χ3n) is 11.3.